The third-order valence-electron chi connectivity index (χ3n) is 2.57. The van der Waals surface area contributed by atoms with Crippen molar-refractivity contribution in [2.45, 2.75) is 6.54 Å². The molecule has 0 radical (unpaired) electrons. The quantitative estimate of drug-likeness (QED) is 0.763. The largest absolute Gasteiger partial charge is 0.497 e. The second kappa shape index (κ2) is 3.55. The van der Waals surface area contributed by atoms with Crippen LogP contribution in [0.25, 0.3) is 11.4 Å². The maximum atomic E-state index is 11.6. The van der Waals surface area contributed by atoms with E-state index in [2.05, 4.69) is 20.8 Å². The van der Waals surface area contributed by atoms with Crippen LogP contribution in [0, 0.1) is 0 Å². The van der Waals surface area contributed by atoms with Gasteiger partial charge in [-0.25, -0.2) is 4.68 Å². The number of ether oxygens (including phenoxy) is 1. The molecule has 2 heterocycles. The Hall–Kier alpha value is -2.44. The highest BCUT2D eigenvalue weighted by Gasteiger charge is 2.21. The Kier molecular flexibility index (Phi) is 2.04. The molecule has 17 heavy (non-hydrogen) atoms. The molecule has 86 valence electrons. The van der Waals surface area contributed by atoms with Crippen LogP contribution in [-0.2, 0) is 11.3 Å². The molecule has 0 fully saturated rings. The number of amides is 1. The average molecular weight is 231 g/mol. The number of hydrogen-bond acceptors (Lipinski definition) is 5. The van der Waals surface area contributed by atoms with Gasteiger partial charge in [-0.1, -0.05) is 0 Å². The maximum Gasteiger partial charge on any atom is 0.246 e. The molecule has 1 aliphatic heterocycles. The number of nitrogens with zero attached hydrogens (tertiary/aromatic N) is 4. The second-order valence-corrected chi connectivity index (χ2v) is 3.62. The smallest absolute Gasteiger partial charge is 0.246 e. The van der Waals surface area contributed by atoms with Crippen LogP contribution in [0.5, 0.6) is 5.75 Å². The number of rotatable bonds is 1. The van der Waals surface area contributed by atoms with Crippen LogP contribution >= 0.6 is 0 Å². The molecule has 0 aliphatic carbocycles. The molecule has 1 N–H and O–H groups in total. The number of hydrogen-bond donors (Lipinski definition) is 1. The number of anilines is 1. The minimum Gasteiger partial charge on any atom is -0.497 e. The number of aromatic nitrogens is 4. The van der Waals surface area contributed by atoms with Crippen molar-refractivity contribution in [3.05, 3.63) is 18.2 Å². The van der Waals surface area contributed by atoms with Gasteiger partial charge in [-0.3, -0.25) is 4.79 Å². The van der Waals surface area contributed by atoms with Gasteiger partial charge in [0.2, 0.25) is 5.91 Å². The first-order chi connectivity index (χ1) is 8.28. The van der Waals surface area contributed by atoms with Crippen LogP contribution < -0.4 is 10.1 Å². The monoisotopic (exact) mass is 231 g/mol. The summed E-state index contributed by atoms with van der Waals surface area (Å²) in [5, 5.41) is 14.0. The molecule has 0 atom stereocenters. The summed E-state index contributed by atoms with van der Waals surface area (Å²) < 4.78 is 6.58. The summed E-state index contributed by atoms with van der Waals surface area (Å²) in [7, 11) is 1.57. The van der Waals surface area contributed by atoms with E-state index in [0.29, 0.717) is 17.3 Å². The lowest BCUT2D eigenvalue weighted by atomic mass is 10.1. The lowest BCUT2D eigenvalue weighted by Crippen LogP contribution is -2.17. The summed E-state index contributed by atoms with van der Waals surface area (Å²) in [6.45, 7) is 0.110. The Morgan fingerprint density at radius 1 is 1.47 bits per heavy atom. The number of benzene rings is 1. The van der Waals surface area contributed by atoms with Crippen LogP contribution in [0.3, 0.4) is 0 Å². The highest BCUT2D eigenvalue weighted by molar-refractivity contribution is 5.96. The molecule has 2 aromatic rings. The molecule has 7 heteroatoms. The normalized spacial score (nSPS) is 13.4. The molecule has 1 aliphatic rings. The predicted molar refractivity (Wildman–Crippen MR) is 58.4 cm³/mol. The SMILES string of the molecule is COc1ccc2c(c1)NC(=O)Cn1nnnc1-2. The zero-order chi connectivity index (χ0) is 11.8. The summed E-state index contributed by atoms with van der Waals surface area (Å²) in [5.41, 5.74) is 1.43. The highest BCUT2D eigenvalue weighted by Crippen LogP contribution is 2.31. The van der Waals surface area contributed by atoms with Gasteiger partial charge in [0.05, 0.1) is 12.8 Å². The van der Waals surface area contributed by atoms with Crippen molar-refractivity contribution in [3.63, 3.8) is 0 Å². The summed E-state index contributed by atoms with van der Waals surface area (Å²) in [4.78, 5) is 11.6. The Bertz CT molecular complexity index is 592. The Balaban J connectivity index is 2.22. The summed E-state index contributed by atoms with van der Waals surface area (Å²) in [5.74, 6) is 1.08. The predicted octanol–water partition coefficient (Wildman–Crippen LogP) is 0.301. The molecule has 1 aromatic carbocycles. The number of nitrogens with one attached hydrogen (secondary N) is 1. The average Bonchev–Trinajstić information content (AvgIpc) is 2.72. The zero-order valence-electron chi connectivity index (χ0n) is 9.04. The summed E-state index contributed by atoms with van der Waals surface area (Å²) in [6.07, 6.45) is 0. The van der Waals surface area contributed by atoms with E-state index in [1.807, 2.05) is 6.07 Å². The van der Waals surface area contributed by atoms with Crippen molar-refractivity contribution in [1.29, 1.82) is 0 Å². The van der Waals surface area contributed by atoms with E-state index in [0.717, 1.165) is 5.56 Å². The van der Waals surface area contributed by atoms with Crippen LogP contribution in [0.2, 0.25) is 0 Å². The van der Waals surface area contributed by atoms with Crippen molar-refractivity contribution in [2.75, 3.05) is 12.4 Å². The minimum atomic E-state index is -0.162. The number of carbonyl (C=O) groups is 1. The number of fused-ring (bicyclic) bond motifs is 3. The number of carbonyl (C=O) groups excluding carboxylic acids is 1. The molecule has 1 aromatic heterocycles. The first-order valence-electron chi connectivity index (χ1n) is 5.02. The Morgan fingerprint density at radius 2 is 2.35 bits per heavy atom. The van der Waals surface area contributed by atoms with E-state index < -0.39 is 0 Å². The van der Waals surface area contributed by atoms with Crippen molar-refractivity contribution in [1.82, 2.24) is 20.2 Å². The van der Waals surface area contributed by atoms with Crippen LogP contribution in [0.1, 0.15) is 0 Å². The van der Waals surface area contributed by atoms with Crippen LogP contribution in [0.15, 0.2) is 18.2 Å². The van der Waals surface area contributed by atoms with E-state index in [4.69, 9.17) is 4.74 Å². The van der Waals surface area contributed by atoms with Crippen molar-refractivity contribution >= 4 is 11.6 Å². The Morgan fingerprint density at radius 3 is 3.18 bits per heavy atom. The topological polar surface area (TPSA) is 81.9 Å². The van der Waals surface area contributed by atoms with Crippen molar-refractivity contribution < 1.29 is 9.53 Å². The third-order valence-corrected chi connectivity index (χ3v) is 2.57. The summed E-state index contributed by atoms with van der Waals surface area (Å²) >= 11 is 0. The summed E-state index contributed by atoms with van der Waals surface area (Å²) in [6, 6.07) is 5.37. The molecule has 0 unspecified atom stereocenters. The first-order valence-corrected chi connectivity index (χ1v) is 5.02. The minimum absolute atomic E-state index is 0.110. The van der Waals surface area contributed by atoms with Gasteiger partial charge in [0.25, 0.3) is 0 Å². The van der Waals surface area contributed by atoms with E-state index >= 15 is 0 Å². The van der Waals surface area contributed by atoms with Gasteiger partial charge in [-0.15, -0.1) is 5.10 Å². The molecule has 0 saturated heterocycles. The second-order valence-electron chi connectivity index (χ2n) is 3.62. The lowest BCUT2D eigenvalue weighted by Gasteiger charge is -2.07. The van der Waals surface area contributed by atoms with Gasteiger partial charge in [0.1, 0.15) is 12.3 Å². The van der Waals surface area contributed by atoms with Gasteiger partial charge >= 0.3 is 0 Å². The van der Waals surface area contributed by atoms with Crippen LogP contribution in [-0.4, -0.2) is 33.2 Å². The van der Waals surface area contributed by atoms with Gasteiger partial charge in [0.15, 0.2) is 5.82 Å². The zero-order valence-corrected chi connectivity index (χ0v) is 9.04. The van der Waals surface area contributed by atoms with E-state index in [-0.39, 0.29) is 12.5 Å². The standard InChI is InChI=1S/C10H9N5O2/c1-17-6-2-3-7-8(4-6)11-9(16)5-15-10(7)12-13-14-15/h2-4H,5H2,1H3,(H,11,16). The van der Waals surface area contributed by atoms with Crippen molar-refractivity contribution in [2.24, 2.45) is 0 Å². The molecular formula is C10H9N5O2. The molecule has 3 rings (SSSR count). The van der Waals surface area contributed by atoms with Crippen LogP contribution in [0.4, 0.5) is 5.69 Å². The fourth-order valence-corrected chi connectivity index (χ4v) is 1.78. The highest BCUT2D eigenvalue weighted by atomic mass is 16.5. The molecule has 0 bridgehead atoms. The third kappa shape index (κ3) is 1.52. The van der Waals surface area contributed by atoms with Gasteiger partial charge < -0.3 is 10.1 Å². The number of methoxy groups -OCH3 is 1. The fourth-order valence-electron chi connectivity index (χ4n) is 1.78. The van der Waals surface area contributed by atoms with Gasteiger partial charge in [0, 0.05) is 11.6 Å². The lowest BCUT2D eigenvalue weighted by molar-refractivity contribution is -0.116. The molecule has 7 nitrogen and oxygen atoms in total. The molecule has 0 spiro atoms. The molecular weight excluding hydrogens is 222 g/mol. The van der Waals surface area contributed by atoms with Gasteiger partial charge in [-0.05, 0) is 22.6 Å². The van der Waals surface area contributed by atoms with Gasteiger partial charge in [-0.2, -0.15) is 0 Å². The maximum absolute atomic E-state index is 11.6. The number of tetrazole rings is 1. The van der Waals surface area contributed by atoms with Crippen molar-refractivity contribution in [3.8, 4) is 17.1 Å². The first kappa shape index (κ1) is 9.76. The molecule has 1 amide bonds. The van der Waals surface area contributed by atoms with E-state index in [1.54, 1.807) is 19.2 Å². The molecule has 0 saturated carbocycles. The van der Waals surface area contributed by atoms with E-state index in [9.17, 15) is 4.79 Å². The fraction of sp³-hybridized carbons (Fsp3) is 0.200. The Labute approximate surface area is 96.4 Å². The van der Waals surface area contributed by atoms with E-state index in [1.165, 1.54) is 4.68 Å².